The van der Waals surface area contributed by atoms with Crippen LogP contribution >= 0.6 is 0 Å². The van der Waals surface area contributed by atoms with E-state index >= 15 is 0 Å². The fourth-order valence-corrected chi connectivity index (χ4v) is 3.60. The fraction of sp³-hybridized carbons (Fsp3) is 0.933. The summed E-state index contributed by atoms with van der Waals surface area (Å²) in [5.74, 6) is 1.50. The van der Waals surface area contributed by atoms with Gasteiger partial charge in [-0.3, -0.25) is 4.21 Å². The zero-order valence-electron chi connectivity index (χ0n) is 14.1. The molecule has 0 spiro atoms. The summed E-state index contributed by atoms with van der Waals surface area (Å²) in [4.78, 5) is 13.7. The molecular weight excluding hydrogens is 304 g/mol. The summed E-state index contributed by atoms with van der Waals surface area (Å²) in [6.07, 6.45) is 0.829. The van der Waals surface area contributed by atoms with Crippen LogP contribution in [0, 0.1) is 0 Å². The molecule has 2 N–H and O–H groups in total. The molecule has 0 aliphatic carbocycles. The van der Waals surface area contributed by atoms with E-state index in [0.29, 0.717) is 19.1 Å². The van der Waals surface area contributed by atoms with Gasteiger partial charge in [0.25, 0.3) is 0 Å². The first kappa shape index (κ1) is 19.4. The van der Waals surface area contributed by atoms with Crippen LogP contribution in [0.2, 0.25) is 0 Å². The van der Waals surface area contributed by atoms with Gasteiger partial charge in [-0.1, -0.05) is 0 Å². The molecule has 1 aliphatic heterocycles. The van der Waals surface area contributed by atoms with Crippen molar-refractivity contribution in [3.8, 4) is 0 Å². The van der Waals surface area contributed by atoms with Gasteiger partial charge in [-0.2, -0.15) is 0 Å². The number of carbonyl (C=O) groups excluding carboxylic acids is 1. The van der Waals surface area contributed by atoms with Crippen LogP contribution in [0.15, 0.2) is 0 Å². The Morgan fingerprint density at radius 3 is 2.50 bits per heavy atom. The van der Waals surface area contributed by atoms with Crippen LogP contribution in [0.1, 0.15) is 40.5 Å². The molecule has 6 nitrogen and oxygen atoms in total. The van der Waals surface area contributed by atoms with E-state index in [9.17, 15) is 14.1 Å². The predicted molar refractivity (Wildman–Crippen MR) is 88.4 cm³/mol. The second-order valence-corrected chi connectivity index (χ2v) is 8.55. The maximum Gasteiger partial charge on any atom is 0.410 e. The van der Waals surface area contributed by atoms with Crippen molar-refractivity contribution < 1.29 is 18.8 Å². The molecule has 0 aromatic carbocycles. The molecule has 1 atom stereocenters. The van der Waals surface area contributed by atoms with Crippen LogP contribution in [0.4, 0.5) is 4.79 Å². The number of hydrogen-bond donors (Lipinski definition) is 2. The van der Waals surface area contributed by atoms with Gasteiger partial charge in [0, 0.05) is 48.0 Å². The molecule has 0 saturated carbocycles. The Hall–Kier alpha value is -0.660. The maximum atomic E-state index is 12.1. The maximum absolute atomic E-state index is 12.1. The largest absolute Gasteiger partial charge is 0.444 e. The number of carbonyl (C=O) groups is 1. The third kappa shape index (κ3) is 8.10. The molecule has 0 radical (unpaired) electrons. The molecule has 1 rings (SSSR count). The van der Waals surface area contributed by atoms with E-state index < -0.39 is 28.6 Å². The van der Waals surface area contributed by atoms with Crippen molar-refractivity contribution in [2.75, 3.05) is 31.1 Å². The van der Waals surface area contributed by atoms with Gasteiger partial charge in [-0.15, -0.1) is 0 Å². The van der Waals surface area contributed by atoms with Crippen molar-refractivity contribution in [3.05, 3.63) is 0 Å². The van der Waals surface area contributed by atoms with Gasteiger partial charge in [0.15, 0.2) is 0 Å². The van der Waals surface area contributed by atoms with Crippen molar-refractivity contribution in [3.63, 3.8) is 0 Å². The fourth-order valence-electron chi connectivity index (χ4n) is 2.30. The van der Waals surface area contributed by atoms with E-state index in [1.54, 1.807) is 6.92 Å². The first-order valence-corrected chi connectivity index (χ1v) is 9.40. The van der Waals surface area contributed by atoms with E-state index in [4.69, 9.17) is 4.74 Å². The number of aliphatic hydroxyl groups excluding tert-OH is 1. The summed E-state index contributed by atoms with van der Waals surface area (Å²) >= 11 is 0. The Bertz CT molecular complexity index is 372. The van der Waals surface area contributed by atoms with Crippen LogP contribution in [0.5, 0.6) is 0 Å². The first-order valence-electron chi connectivity index (χ1n) is 7.91. The van der Waals surface area contributed by atoms with Gasteiger partial charge >= 0.3 is 6.09 Å². The molecule has 1 aliphatic rings. The van der Waals surface area contributed by atoms with Crippen LogP contribution in [0.25, 0.3) is 0 Å². The quantitative estimate of drug-likeness (QED) is 0.761. The zero-order valence-corrected chi connectivity index (χ0v) is 14.9. The summed E-state index contributed by atoms with van der Waals surface area (Å²) in [6, 6.07) is 0.365. The van der Waals surface area contributed by atoms with Gasteiger partial charge in [-0.05, 0) is 40.5 Å². The Labute approximate surface area is 136 Å². The number of ether oxygens (including phenoxy) is 1. The summed E-state index contributed by atoms with van der Waals surface area (Å²) in [5, 5.41) is 12.9. The molecule has 1 fully saturated rings. The minimum absolute atomic E-state index is 0.255. The Morgan fingerprint density at radius 1 is 1.41 bits per heavy atom. The van der Waals surface area contributed by atoms with Crippen molar-refractivity contribution in [2.45, 2.75) is 58.3 Å². The molecule has 1 heterocycles. The number of hydrogen-bond acceptors (Lipinski definition) is 5. The summed E-state index contributed by atoms with van der Waals surface area (Å²) in [6.45, 7) is 8.51. The van der Waals surface area contributed by atoms with Gasteiger partial charge in [0.2, 0.25) is 0 Å². The lowest BCUT2D eigenvalue weighted by atomic mass is 10.1. The lowest BCUT2D eigenvalue weighted by Crippen LogP contribution is -2.45. The Morgan fingerprint density at radius 2 is 2.00 bits per heavy atom. The zero-order chi connectivity index (χ0) is 16.8. The molecular formula is C15H30N2O4S. The lowest BCUT2D eigenvalue weighted by Gasteiger charge is -2.29. The van der Waals surface area contributed by atoms with E-state index in [-0.39, 0.29) is 6.54 Å². The highest BCUT2D eigenvalue weighted by molar-refractivity contribution is 7.85. The molecule has 22 heavy (non-hydrogen) atoms. The molecule has 7 heteroatoms. The smallest absolute Gasteiger partial charge is 0.410 e. The second-order valence-electron chi connectivity index (χ2n) is 6.85. The predicted octanol–water partition coefficient (Wildman–Crippen LogP) is 1.10. The van der Waals surface area contributed by atoms with E-state index in [1.807, 2.05) is 20.8 Å². The SMILES string of the molecule is CC(O)CN(CCNC1CCS(=O)CC1)C(=O)OC(C)(C)C. The van der Waals surface area contributed by atoms with Gasteiger partial charge in [0.1, 0.15) is 5.60 Å². The average Bonchev–Trinajstić information content (AvgIpc) is 2.37. The highest BCUT2D eigenvalue weighted by atomic mass is 32.2. The van der Waals surface area contributed by atoms with E-state index in [0.717, 1.165) is 24.3 Å². The van der Waals surface area contributed by atoms with Crippen LogP contribution in [-0.4, -0.2) is 69.2 Å². The summed E-state index contributed by atoms with van der Waals surface area (Å²) in [5.41, 5.74) is -0.547. The second kappa shape index (κ2) is 8.84. The average molecular weight is 334 g/mol. The molecule has 0 aromatic heterocycles. The monoisotopic (exact) mass is 334 g/mol. The molecule has 0 aromatic rings. The number of amides is 1. The van der Waals surface area contributed by atoms with Crippen molar-refractivity contribution in [2.24, 2.45) is 0 Å². The highest BCUT2D eigenvalue weighted by Crippen LogP contribution is 2.11. The Balaban J connectivity index is 2.40. The summed E-state index contributed by atoms with van der Waals surface area (Å²) in [7, 11) is -0.659. The van der Waals surface area contributed by atoms with Crippen molar-refractivity contribution in [1.29, 1.82) is 0 Å². The molecule has 0 bridgehead atoms. The Kier molecular flexibility index (Phi) is 7.79. The standard InChI is InChI=1S/C15H30N2O4S/c1-12(18)11-17(14(19)21-15(2,3)4)8-7-16-13-5-9-22(20)10-6-13/h12-13,16,18H,5-11H2,1-4H3. The number of rotatable bonds is 6. The molecule has 1 amide bonds. The number of nitrogens with zero attached hydrogens (tertiary/aromatic N) is 1. The van der Waals surface area contributed by atoms with Gasteiger partial charge in [0.05, 0.1) is 6.10 Å². The minimum Gasteiger partial charge on any atom is -0.444 e. The highest BCUT2D eigenvalue weighted by Gasteiger charge is 2.23. The number of aliphatic hydroxyl groups is 1. The van der Waals surface area contributed by atoms with Gasteiger partial charge in [-0.25, -0.2) is 4.79 Å². The molecule has 1 saturated heterocycles. The van der Waals surface area contributed by atoms with Crippen LogP contribution in [-0.2, 0) is 15.5 Å². The van der Waals surface area contributed by atoms with Gasteiger partial charge < -0.3 is 20.1 Å². The minimum atomic E-state index is -0.659. The van der Waals surface area contributed by atoms with Crippen molar-refractivity contribution in [1.82, 2.24) is 10.2 Å². The van der Waals surface area contributed by atoms with E-state index in [2.05, 4.69) is 5.32 Å². The topological polar surface area (TPSA) is 78.9 Å². The third-order valence-electron chi connectivity index (χ3n) is 3.34. The molecule has 1 unspecified atom stereocenters. The van der Waals surface area contributed by atoms with Crippen molar-refractivity contribution >= 4 is 16.9 Å². The molecule has 130 valence electrons. The van der Waals surface area contributed by atoms with Crippen LogP contribution in [0.3, 0.4) is 0 Å². The first-order chi connectivity index (χ1) is 10.2. The summed E-state index contributed by atoms with van der Waals surface area (Å²) < 4.78 is 16.7. The normalized spacial score (nSPS) is 23.9. The van der Waals surface area contributed by atoms with E-state index in [1.165, 1.54) is 4.90 Å². The third-order valence-corrected chi connectivity index (χ3v) is 4.72. The van der Waals surface area contributed by atoms with Crippen LogP contribution < -0.4 is 5.32 Å². The number of nitrogens with one attached hydrogen (secondary N) is 1. The lowest BCUT2D eigenvalue weighted by molar-refractivity contribution is 0.0163.